The molecule has 1 aromatic heterocycles. The topological polar surface area (TPSA) is 118 Å². The van der Waals surface area contributed by atoms with Crippen LogP contribution in [-0.4, -0.2) is 46.7 Å². The molecule has 0 spiro atoms. The van der Waals surface area contributed by atoms with Gasteiger partial charge in [0.1, 0.15) is 11.4 Å². The van der Waals surface area contributed by atoms with Gasteiger partial charge in [0.25, 0.3) is 0 Å². The first kappa shape index (κ1) is 24.3. The molecule has 2 heterocycles. The molecule has 1 saturated heterocycles. The number of aromatic nitrogens is 1. The number of aromatic carboxylic acids is 1. The Morgan fingerprint density at radius 1 is 1.22 bits per heavy atom. The van der Waals surface area contributed by atoms with Crippen LogP contribution in [0.2, 0.25) is 5.02 Å². The fraction of sp³-hybridized carbons (Fsp3) is 0.346. The van der Waals surface area contributed by atoms with Gasteiger partial charge in [-0.3, -0.25) is 9.59 Å². The second-order valence-corrected chi connectivity index (χ2v) is 9.85. The zero-order chi connectivity index (χ0) is 25.6. The maximum absolute atomic E-state index is 15.3. The summed E-state index contributed by atoms with van der Waals surface area (Å²) in [7, 11) is 0. The minimum absolute atomic E-state index is 0.0127. The molecule has 0 bridgehead atoms. The second-order valence-electron chi connectivity index (χ2n) is 9.47. The number of carboxylic acids is 1. The van der Waals surface area contributed by atoms with E-state index in [1.54, 1.807) is 9.47 Å². The Morgan fingerprint density at radius 3 is 2.61 bits per heavy atom. The van der Waals surface area contributed by atoms with Crippen LogP contribution in [0.3, 0.4) is 0 Å². The highest BCUT2D eigenvalue weighted by Gasteiger charge is 2.33. The lowest BCUT2D eigenvalue weighted by atomic mass is 10.1. The molecule has 3 aromatic rings. The number of pyridine rings is 1. The monoisotopic (exact) mass is 512 g/mol. The number of benzene rings is 2. The van der Waals surface area contributed by atoms with E-state index in [4.69, 9.17) is 17.3 Å². The van der Waals surface area contributed by atoms with Crippen LogP contribution in [0.15, 0.2) is 47.4 Å². The van der Waals surface area contributed by atoms with Crippen LogP contribution in [0.4, 0.5) is 10.1 Å². The average molecular weight is 513 g/mol. The zero-order valence-electron chi connectivity index (χ0n) is 19.4. The highest BCUT2D eigenvalue weighted by molar-refractivity contribution is 6.38. The lowest BCUT2D eigenvalue weighted by Crippen LogP contribution is -2.47. The zero-order valence-corrected chi connectivity index (χ0v) is 20.2. The molecule has 36 heavy (non-hydrogen) atoms. The largest absolute Gasteiger partial charge is 0.477 e. The minimum Gasteiger partial charge on any atom is -0.477 e. The van der Waals surface area contributed by atoms with Crippen molar-refractivity contribution in [1.82, 2.24) is 9.88 Å². The number of rotatable bonds is 7. The molecule has 2 atom stereocenters. The SMILES string of the molecule is NC(Cc1ccccc1)C(=O)NC1CCN(c2c(F)cc3c(=O)c(C(=O)O)cn(C4CC4)c3c2Cl)C1. The van der Waals surface area contributed by atoms with Crippen molar-refractivity contribution in [2.75, 3.05) is 18.0 Å². The number of nitrogens with zero attached hydrogens (tertiary/aromatic N) is 2. The Kier molecular flexibility index (Phi) is 6.44. The van der Waals surface area contributed by atoms with Gasteiger partial charge in [-0.25, -0.2) is 9.18 Å². The first-order valence-electron chi connectivity index (χ1n) is 11.9. The van der Waals surface area contributed by atoms with Crippen LogP contribution in [-0.2, 0) is 11.2 Å². The van der Waals surface area contributed by atoms with Gasteiger partial charge in [-0.15, -0.1) is 0 Å². The predicted octanol–water partition coefficient (Wildman–Crippen LogP) is 3.09. The lowest BCUT2D eigenvalue weighted by Gasteiger charge is -2.24. The Hall–Kier alpha value is -3.43. The van der Waals surface area contributed by atoms with Crippen molar-refractivity contribution < 1.29 is 19.1 Å². The van der Waals surface area contributed by atoms with Crippen LogP contribution in [0.5, 0.6) is 0 Å². The number of anilines is 1. The van der Waals surface area contributed by atoms with Crippen molar-refractivity contribution in [3.8, 4) is 0 Å². The summed E-state index contributed by atoms with van der Waals surface area (Å²) in [4.78, 5) is 38.8. The number of carbonyl (C=O) groups is 2. The molecular weight excluding hydrogens is 487 g/mol. The average Bonchev–Trinajstić information content (AvgIpc) is 3.59. The van der Waals surface area contributed by atoms with Gasteiger partial charge in [0.05, 0.1) is 27.7 Å². The highest BCUT2D eigenvalue weighted by Crippen LogP contribution is 2.42. The summed E-state index contributed by atoms with van der Waals surface area (Å²) < 4.78 is 17.0. The second kappa shape index (κ2) is 9.55. The number of nitrogens with two attached hydrogens (primary N) is 1. The van der Waals surface area contributed by atoms with Crippen molar-refractivity contribution in [3.63, 3.8) is 0 Å². The number of carboxylic acid groups (broad SMARTS) is 1. The summed E-state index contributed by atoms with van der Waals surface area (Å²) in [6, 6.07) is 9.64. The third kappa shape index (κ3) is 4.56. The molecule has 1 aliphatic heterocycles. The van der Waals surface area contributed by atoms with Crippen molar-refractivity contribution in [2.45, 2.75) is 43.8 Å². The number of carbonyl (C=O) groups excluding carboxylic acids is 1. The standard InChI is InChI=1S/C26H26ClFN4O4/c27-21-22-17(24(33)18(26(35)36)13-32(22)16-6-7-16)11-19(28)23(21)31-9-8-15(12-31)30-25(34)20(29)10-14-4-2-1-3-5-14/h1-5,11,13,15-16,20H,6-10,12,29H2,(H,30,34)(H,35,36). The smallest absolute Gasteiger partial charge is 0.341 e. The fourth-order valence-electron chi connectivity index (χ4n) is 4.86. The highest BCUT2D eigenvalue weighted by atomic mass is 35.5. The molecule has 0 radical (unpaired) electrons. The molecule has 2 aromatic carbocycles. The molecule has 188 valence electrons. The molecule has 5 rings (SSSR count). The van der Waals surface area contributed by atoms with Crippen LogP contribution < -0.4 is 21.4 Å². The summed E-state index contributed by atoms with van der Waals surface area (Å²) in [5.41, 5.74) is 6.37. The van der Waals surface area contributed by atoms with Crippen LogP contribution >= 0.6 is 11.6 Å². The number of amides is 1. The van der Waals surface area contributed by atoms with Crippen molar-refractivity contribution >= 4 is 40.1 Å². The molecule has 2 aliphatic rings. The van der Waals surface area contributed by atoms with E-state index in [0.29, 0.717) is 31.4 Å². The van der Waals surface area contributed by atoms with E-state index in [1.807, 2.05) is 30.3 Å². The van der Waals surface area contributed by atoms with Crippen LogP contribution in [0.25, 0.3) is 10.9 Å². The molecule has 2 unspecified atom stereocenters. The van der Waals surface area contributed by atoms with Gasteiger partial charge in [-0.1, -0.05) is 41.9 Å². The van der Waals surface area contributed by atoms with Gasteiger partial charge in [0.2, 0.25) is 11.3 Å². The van der Waals surface area contributed by atoms with E-state index >= 15 is 4.39 Å². The minimum atomic E-state index is -1.36. The molecular formula is C26H26ClFN4O4. The number of halogens is 2. The maximum atomic E-state index is 15.3. The summed E-state index contributed by atoms with van der Waals surface area (Å²) in [5, 5.41) is 12.4. The number of nitrogens with one attached hydrogen (secondary N) is 1. The summed E-state index contributed by atoms with van der Waals surface area (Å²) in [6.45, 7) is 0.773. The van der Waals surface area contributed by atoms with Gasteiger partial charge in [0, 0.05) is 31.4 Å². The first-order valence-corrected chi connectivity index (χ1v) is 12.3. The number of fused-ring (bicyclic) bond motifs is 1. The fourth-order valence-corrected chi connectivity index (χ4v) is 5.27. The van der Waals surface area contributed by atoms with E-state index in [-0.39, 0.29) is 34.1 Å². The van der Waals surface area contributed by atoms with Crippen LogP contribution in [0.1, 0.15) is 41.2 Å². The van der Waals surface area contributed by atoms with E-state index in [0.717, 1.165) is 24.5 Å². The van der Waals surface area contributed by atoms with Gasteiger partial charge in [-0.2, -0.15) is 0 Å². The molecule has 4 N–H and O–H groups in total. The Balaban J connectivity index is 1.39. The number of hydrogen-bond acceptors (Lipinski definition) is 5. The molecule has 1 aliphatic carbocycles. The van der Waals surface area contributed by atoms with E-state index in [1.165, 1.54) is 6.20 Å². The third-order valence-electron chi connectivity index (χ3n) is 6.84. The Labute approximate surface area is 211 Å². The lowest BCUT2D eigenvalue weighted by molar-refractivity contribution is -0.122. The maximum Gasteiger partial charge on any atom is 0.341 e. The van der Waals surface area contributed by atoms with E-state index in [2.05, 4.69) is 5.32 Å². The quantitative estimate of drug-likeness (QED) is 0.448. The van der Waals surface area contributed by atoms with Crippen molar-refractivity contribution in [2.24, 2.45) is 5.73 Å². The number of hydrogen-bond donors (Lipinski definition) is 3. The van der Waals surface area contributed by atoms with Gasteiger partial charge in [-0.05, 0) is 37.3 Å². The van der Waals surface area contributed by atoms with E-state index < -0.39 is 28.8 Å². The molecule has 1 amide bonds. The Morgan fingerprint density at radius 2 is 1.94 bits per heavy atom. The summed E-state index contributed by atoms with van der Waals surface area (Å²) >= 11 is 6.71. The van der Waals surface area contributed by atoms with Gasteiger partial charge < -0.3 is 25.6 Å². The van der Waals surface area contributed by atoms with Gasteiger partial charge >= 0.3 is 5.97 Å². The third-order valence-corrected chi connectivity index (χ3v) is 7.20. The van der Waals surface area contributed by atoms with Crippen LogP contribution in [0, 0.1) is 5.82 Å². The summed E-state index contributed by atoms with van der Waals surface area (Å²) in [5.74, 6) is -2.35. The summed E-state index contributed by atoms with van der Waals surface area (Å²) in [6.07, 6.45) is 3.93. The van der Waals surface area contributed by atoms with Gasteiger partial charge in [0.15, 0.2) is 0 Å². The predicted molar refractivity (Wildman–Crippen MR) is 135 cm³/mol. The van der Waals surface area contributed by atoms with E-state index in [9.17, 15) is 19.5 Å². The molecule has 10 heteroatoms. The molecule has 8 nitrogen and oxygen atoms in total. The van der Waals surface area contributed by atoms with Crippen molar-refractivity contribution in [3.05, 3.63) is 74.8 Å². The first-order chi connectivity index (χ1) is 17.2. The normalized spacial score (nSPS) is 18.4. The molecule has 2 fully saturated rings. The van der Waals surface area contributed by atoms with Crippen molar-refractivity contribution in [1.29, 1.82) is 0 Å². The Bertz CT molecular complexity index is 1410. The molecule has 1 saturated carbocycles.